The molecule has 1 heterocycles. The first kappa shape index (κ1) is 26.0. The van der Waals surface area contributed by atoms with Crippen molar-refractivity contribution in [3.63, 3.8) is 0 Å². The predicted molar refractivity (Wildman–Crippen MR) is 148 cm³/mol. The highest BCUT2D eigenvalue weighted by atomic mass is 35.5. The van der Waals surface area contributed by atoms with Crippen LogP contribution in [0.5, 0.6) is 11.5 Å². The number of carbonyl (C=O) groups is 1. The SMILES string of the molecule is COc1cc(/C=N/NC(=O)CSc2nc(-c3ccc(Cl)cc3)cs2)ccc1OCc1cccc(Cl)c1. The van der Waals surface area contributed by atoms with Crippen molar-refractivity contribution in [3.05, 3.63) is 93.3 Å². The van der Waals surface area contributed by atoms with E-state index in [1.807, 2.05) is 60.0 Å². The van der Waals surface area contributed by atoms with Gasteiger partial charge in [-0.25, -0.2) is 10.4 Å². The first-order chi connectivity index (χ1) is 17.5. The van der Waals surface area contributed by atoms with Gasteiger partial charge < -0.3 is 9.47 Å². The van der Waals surface area contributed by atoms with Gasteiger partial charge in [-0.15, -0.1) is 11.3 Å². The number of aromatic nitrogens is 1. The topological polar surface area (TPSA) is 72.8 Å². The summed E-state index contributed by atoms with van der Waals surface area (Å²) in [6.45, 7) is 0.359. The van der Waals surface area contributed by atoms with Gasteiger partial charge in [-0.1, -0.05) is 59.2 Å². The van der Waals surface area contributed by atoms with Crippen molar-refractivity contribution in [2.75, 3.05) is 12.9 Å². The maximum absolute atomic E-state index is 12.2. The number of amides is 1. The first-order valence-corrected chi connectivity index (χ1v) is 13.3. The second kappa shape index (κ2) is 12.8. The summed E-state index contributed by atoms with van der Waals surface area (Å²) in [5.74, 6) is 1.12. The van der Waals surface area contributed by atoms with Crippen LogP contribution in [0, 0.1) is 0 Å². The van der Waals surface area contributed by atoms with Gasteiger partial charge >= 0.3 is 0 Å². The summed E-state index contributed by atoms with van der Waals surface area (Å²) in [6, 6.07) is 20.4. The van der Waals surface area contributed by atoms with Gasteiger partial charge in [-0.3, -0.25) is 4.79 Å². The zero-order valence-corrected chi connectivity index (χ0v) is 22.3. The molecule has 6 nitrogen and oxygen atoms in total. The third-order valence-electron chi connectivity index (χ3n) is 4.82. The van der Waals surface area contributed by atoms with E-state index in [-0.39, 0.29) is 11.7 Å². The standard InChI is InChI=1S/C26H21Cl2N3O3S2/c1-33-24-12-17(5-10-23(24)34-14-18-3-2-4-21(28)11-18)13-29-31-25(32)16-36-26-30-22(15-35-26)19-6-8-20(27)9-7-19/h2-13,15H,14,16H2,1H3,(H,31,32)/b29-13+. The minimum Gasteiger partial charge on any atom is -0.493 e. The summed E-state index contributed by atoms with van der Waals surface area (Å²) < 4.78 is 12.1. The molecule has 0 saturated carbocycles. The number of benzene rings is 3. The van der Waals surface area contributed by atoms with Gasteiger partial charge in [0.25, 0.3) is 5.91 Å². The largest absolute Gasteiger partial charge is 0.493 e. The molecular weight excluding hydrogens is 537 g/mol. The number of nitrogens with one attached hydrogen (secondary N) is 1. The van der Waals surface area contributed by atoms with E-state index >= 15 is 0 Å². The average Bonchev–Trinajstić information content (AvgIpc) is 3.36. The number of ether oxygens (including phenoxy) is 2. The molecule has 0 bridgehead atoms. The fraction of sp³-hybridized carbons (Fsp3) is 0.115. The van der Waals surface area contributed by atoms with Gasteiger partial charge in [0.1, 0.15) is 6.61 Å². The molecule has 0 saturated heterocycles. The molecule has 0 aliphatic heterocycles. The molecule has 0 radical (unpaired) electrons. The van der Waals surface area contributed by atoms with Crippen LogP contribution in [-0.2, 0) is 11.4 Å². The minimum absolute atomic E-state index is 0.199. The molecule has 0 fully saturated rings. The fourth-order valence-electron chi connectivity index (χ4n) is 3.09. The van der Waals surface area contributed by atoms with Gasteiger partial charge in [0.15, 0.2) is 15.8 Å². The predicted octanol–water partition coefficient (Wildman–Crippen LogP) is 6.95. The quantitative estimate of drug-likeness (QED) is 0.130. The summed E-state index contributed by atoms with van der Waals surface area (Å²) >= 11 is 14.8. The van der Waals surface area contributed by atoms with Crippen LogP contribution in [0.2, 0.25) is 10.0 Å². The maximum Gasteiger partial charge on any atom is 0.250 e. The van der Waals surface area contributed by atoms with Crippen LogP contribution in [0.4, 0.5) is 0 Å². The number of thiazole rings is 1. The normalized spacial score (nSPS) is 11.0. The second-order valence-corrected chi connectivity index (χ2v) is 10.4. The number of hydrogen-bond donors (Lipinski definition) is 1. The molecule has 10 heteroatoms. The van der Waals surface area contributed by atoms with Crippen molar-refractivity contribution in [3.8, 4) is 22.8 Å². The fourth-order valence-corrected chi connectivity index (χ4v) is 5.05. The molecule has 36 heavy (non-hydrogen) atoms. The monoisotopic (exact) mass is 557 g/mol. The van der Waals surface area contributed by atoms with E-state index in [1.165, 1.54) is 23.1 Å². The molecule has 0 unspecified atom stereocenters. The summed E-state index contributed by atoms with van der Waals surface area (Å²) in [4.78, 5) is 16.8. The molecule has 184 valence electrons. The number of nitrogens with zero attached hydrogens (tertiary/aromatic N) is 2. The molecule has 0 aliphatic carbocycles. The van der Waals surface area contributed by atoms with E-state index in [9.17, 15) is 4.79 Å². The third kappa shape index (κ3) is 7.48. The number of methoxy groups -OCH3 is 1. The highest BCUT2D eigenvalue weighted by molar-refractivity contribution is 8.01. The zero-order chi connectivity index (χ0) is 25.3. The molecule has 4 rings (SSSR count). The van der Waals surface area contributed by atoms with Crippen molar-refractivity contribution in [1.82, 2.24) is 10.4 Å². The van der Waals surface area contributed by atoms with E-state index < -0.39 is 0 Å². The van der Waals surface area contributed by atoms with E-state index in [0.29, 0.717) is 28.2 Å². The Kier molecular flexibility index (Phi) is 9.24. The Morgan fingerprint density at radius 2 is 1.92 bits per heavy atom. The van der Waals surface area contributed by atoms with Crippen molar-refractivity contribution >= 4 is 58.4 Å². The molecule has 1 amide bonds. The zero-order valence-electron chi connectivity index (χ0n) is 19.1. The molecule has 0 aliphatic rings. The molecular formula is C26H21Cl2N3O3S2. The third-order valence-corrected chi connectivity index (χ3v) is 7.33. The van der Waals surface area contributed by atoms with Crippen LogP contribution >= 0.6 is 46.3 Å². The van der Waals surface area contributed by atoms with E-state index in [1.54, 1.807) is 25.5 Å². The van der Waals surface area contributed by atoms with Gasteiger partial charge in [0.2, 0.25) is 0 Å². The minimum atomic E-state index is -0.229. The van der Waals surface area contributed by atoms with Crippen LogP contribution in [0.15, 0.2) is 81.6 Å². The van der Waals surface area contributed by atoms with Crippen LogP contribution < -0.4 is 14.9 Å². The Morgan fingerprint density at radius 1 is 1.08 bits per heavy atom. The number of rotatable bonds is 10. The van der Waals surface area contributed by atoms with Crippen LogP contribution in [0.1, 0.15) is 11.1 Å². The van der Waals surface area contributed by atoms with Crippen LogP contribution in [0.25, 0.3) is 11.3 Å². The summed E-state index contributed by atoms with van der Waals surface area (Å²) in [7, 11) is 1.57. The summed E-state index contributed by atoms with van der Waals surface area (Å²) in [6.07, 6.45) is 1.55. The molecule has 0 atom stereocenters. The lowest BCUT2D eigenvalue weighted by Crippen LogP contribution is -2.19. The Bertz CT molecular complexity index is 1360. The van der Waals surface area contributed by atoms with Gasteiger partial charge in [-0.05, 0) is 53.6 Å². The van der Waals surface area contributed by atoms with Crippen molar-refractivity contribution in [1.29, 1.82) is 0 Å². The van der Waals surface area contributed by atoms with Crippen molar-refractivity contribution < 1.29 is 14.3 Å². The Hall–Kier alpha value is -3.04. The maximum atomic E-state index is 12.2. The van der Waals surface area contributed by atoms with Crippen LogP contribution in [0.3, 0.4) is 0 Å². The van der Waals surface area contributed by atoms with Gasteiger partial charge in [-0.2, -0.15) is 5.10 Å². The lowest BCUT2D eigenvalue weighted by molar-refractivity contribution is -0.118. The Labute approximate surface area is 227 Å². The number of thioether (sulfide) groups is 1. The molecule has 0 spiro atoms. The van der Waals surface area contributed by atoms with Gasteiger partial charge in [0, 0.05) is 21.0 Å². The highest BCUT2D eigenvalue weighted by Crippen LogP contribution is 2.30. The highest BCUT2D eigenvalue weighted by Gasteiger charge is 2.09. The smallest absolute Gasteiger partial charge is 0.250 e. The number of halogens is 2. The summed E-state index contributed by atoms with van der Waals surface area (Å²) in [5.41, 5.74) is 6.08. The average molecular weight is 559 g/mol. The molecule has 1 N–H and O–H groups in total. The van der Waals surface area contributed by atoms with Crippen molar-refractivity contribution in [2.45, 2.75) is 10.9 Å². The Balaban J connectivity index is 1.26. The Morgan fingerprint density at radius 3 is 2.69 bits per heavy atom. The van der Waals surface area contributed by atoms with E-state index in [0.717, 1.165) is 26.7 Å². The number of carbonyl (C=O) groups excluding carboxylic acids is 1. The molecule has 3 aromatic carbocycles. The lowest BCUT2D eigenvalue weighted by atomic mass is 10.2. The molecule has 4 aromatic rings. The van der Waals surface area contributed by atoms with Gasteiger partial charge in [0.05, 0.1) is 24.8 Å². The number of hydrazone groups is 1. The van der Waals surface area contributed by atoms with E-state index in [2.05, 4.69) is 15.5 Å². The molecule has 1 aromatic heterocycles. The van der Waals surface area contributed by atoms with Crippen LogP contribution in [-0.4, -0.2) is 30.0 Å². The number of hydrogen-bond acceptors (Lipinski definition) is 7. The lowest BCUT2D eigenvalue weighted by Gasteiger charge is -2.11. The van der Waals surface area contributed by atoms with E-state index in [4.69, 9.17) is 32.7 Å². The summed E-state index contributed by atoms with van der Waals surface area (Å²) in [5, 5.41) is 7.34. The first-order valence-electron chi connectivity index (χ1n) is 10.7. The second-order valence-electron chi connectivity index (χ2n) is 7.42. The van der Waals surface area contributed by atoms with Crippen molar-refractivity contribution in [2.24, 2.45) is 5.10 Å².